The first-order chi connectivity index (χ1) is 10.2. The van der Waals surface area contributed by atoms with Gasteiger partial charge in [0.2, 0.25) is 0 Å². The second-order valence-corrected chi connectivity index (χ2v) is 5.74. The molecule has 4 nitrogen and oxygen atoms in total. The van der Waals surface area contributed by atoms with Gasteiger partial charge in [-0.15, -0.1) is 0 Å². The summed E-state index contributed by atoms with van der Waals surface area (Å²) in [7, 11) is 1.43. The van der Waals surface area contributed by atoms with Crippen molar-refractivity contribution in [3.05, 3.63) is 35.1 Å². The predicted octanol–water partition coefficient (Wildman–Crippen LogP) is 1.44. The lowest BCUT2D eigenvalue weighted by molar-refractivity contribution is -0.156. The molecule has 1 aromatic rings. The maximum Gasteiger partial charge on any atom is 0.330 e. The van der Waals surface area contributed by atoms with Crippen LogP contribution in [0.25, 0.3) is 0 Å². The van der Waals surface area contributed by atoms with Gasteiger partial charge in [0.1, 0.15) is 11.4 Å². The Labute approximate surface area is 124 Å². The molecule has 0 saturated carbocycles. The van der Waals surface area contributed by atoms with Crippen molar-refractivity contribution in [3.63, 3.8) is 0 Å². The van der Waals surface area contributed by atoms with Crippen LogP contribution in [0.15, 0.2) is 18.2 Å². The van der Waals surface area contributed by atoms with E-state index >= 15 is 0 Å². The number of nitrogens with one attached hydrogen (secondary N) is 1. The molecule has 1 heterocycles. The highest BCUT2D eigenvalue weighted by Crippen LogP contribution is 2.43. The van der Waals surface area contributed by atoms with Crippen molar-refractivity contribution >= 4 is 5.97 Å². The molecular weight excluding hydrogens is 271 g/mol. The Morgan fingerprint density at radius 3 is 3.05 bits per heavy atom. The van der Waals surface area contributed by atoms with Crippen LogP contribution in [0, 0.1) is 5.82 Å². The first-order valence-corrected chi connectivity index (χ1v) is 7.51. The van der Waals surface area contributed by atoms with Gasteiger partial charge in [-0.25, -0.2) is 9.18 Å². The third kappa shape index (κ3) is 2.34. The Bertz CT molecular complexity index is 541. The number of methoxy groups -OCH3 is 1. The lowest BCUT2D eigenvalue weighted by atomic mass is 9.89. The van der Waals surface area contributed by atoms with Gasteiger partial charge in [0.05, 0.1) is 7.11 Å². The SMILES string of the molecule is COC(=O)C1(N2CCCNCC2)CCc2cc(F)ccc21. The summed E-state index contributed by atoms with van der Waals surface area (Å²) in [5.74, 6) is -0.471. The minimum Gasteiger partial charge on any atom is -0.467 e. The quantitative estimate of drug-likeness (QED) is 0.838. The zero-order valence-electron chi connectivity index (χ0n) is 12.3. The third-order valence-corrected chi connectivity index (χ3v) is 4.67. The monoisotopic (exact) mass is 292 g/mol. The molecule has 3 rings (SSSR count). The molecule has 2 aliphatic rings. The number of benzene rings is 1. The average Bonchev–Trinajstić information content (AvgIpc) is 2.69. The van der Waals surface area contributed by atoms with Gasteiger partial charge in [-0.05, 0) is 49.1 Å². The third-order valence-electron chi connectivity index (χ3n) is 4.67. The molecule has 1 aliphatic carbocycles. The summed E-state index contributed by atoms with van der Waals surface area (Å²) in [6.07, 6.45) is 2.37. The lowest BCUT2D eigenvalue weighted by Crippen LogP contribution is -2.52. The fourth-order valence-corrected chi connectivity index (χ4v) is 3.69. The second-order valence-electron chi connectivity index (χ2n) is 5.74. The molecule has 0 aromatic heterocycles. The standard InChI is InChI=1S/C16H21FN2O2/c1-21-15(20)16(19-9-2-7-18-8-10-19)6-5-12-11-13(17)3-4-14(12)16/h3-4,11,18H,2,5-10H2,1H3. The minimum atomic E-state index is -0.746. The Kier molecular flexibility index (Phi) is 3.95. The summed E-state index contributed by atoms with van der Waals surface area (Å²) >= 11 is 0. The molecule has 0 radical (unpaired) electrons. The van der Waals surface area contributed by atoms with Gasteiger partial charge >= 0.3 is 5.97 Å². The van der Waals surface area contributed by atoms with Crippen molar-refractivity contribution in [2.24, 2.45) is 0 Å². The molecule has 5 heteroatoms. The van der Waals surface area contributed by atoms with E-state index in [1.807, 2.05) is 0 Å². The van der Waals surface area contributed by atoms with Crippen molar-refractivity contribution in [1.29, 1.82) is 0 Å². The highest BCUT2D eigenvalue weighted by molar-refractivity contribution is 5.84. The number of hydrogen-bond acceptors (Lipinski definition) is 4. The van der Waals surface area contributed by atoms with Crippen LogP contribution < -0.4 is 5.32 Å². The van der Waals surface area contributed by atoms with Gasteiger partial charge in [0.15, 0.2) is 0 Å². The molecule has 0 amide bonds. The molecule has 1 N–H and O–H groups in total. The van der Waals surface area contributed by atoms with E-state index in [0.717, 1.165) is 43.7 Å². The molecule has 1 unspecified atom stereocenters. The summed E-state index contributed by atoms with van der Waals surface area (Å²) in [5.41, 5.74) is 1.10. The number of esters is 1. The minimum absolute atomic E-state index is 0.227. The van der Waals surface area contributed by atoms with Crippen molar-refractivity contribution in [3.8, 4) is 0 Å². The molecular formula is C16H21FN2O2. The maximum absolute atomic E-state index is 13.5. The molecule has 1 fully saturated rings. The number of halogens is 1. The Hall–Kier alpha value is -1.46. The van der Waals surface area contributed by atoms with Gasteiger partial charge < -0.3 is 10.1 Å². The van der Waals surface area contributed by atoms with E-state index in [-0.39, 0.29) is 11.8 Å². The summed E-state index contributed by atoms with van der Waals surface area (Å²) < 4.78 is 18.6. The zero-order valence-corrected chi connectivity index (χ0v) is 12.3. The number of hydrogen-bond donors (Lipinski definition) is 1. The summed E-state index contributed by atoms with van der Waals surface area (Å²) in [6, 6.07) is 4.75. The first-order valence-electron chi connectivity index (χ1n) is 7.51. The largest absolute Gasteiger partial charge is 0.467 e. The number of rotatable bonds is 2. The van der Waals surface area contributed by atoms with Crippen LogP contribution in [0.1, 0.15) is 24.0 Å². The van der Waals surface area contributed by atoms with Gasteiger partial charge in [-0.1, -0.05) is 6.07 Å². The van der Waals surface area contributed by atoms with Crippen LogP contribution in [0.2, 0.25) is 0 Å². The molecule has 21 heavy (non-hydrogen) atoms. The fourth-order valence-electron chi connectivity index (χ4n) is 3.69. The molecule has 1 saturated heterocycles. The van der Waals surface area contributed by atoms with Gasteiger partial charge in [-0.3, -0.25) is 4.90 Å². The topological polar surface area (TPSA) is 41.6 Å². The summed E-state index contributed by atoms with van der Waals surface area (Å²) in [6.45, 7) is 3.46. The number of nitrogens with zero attached hydrogens (tertiary/aromatic N) is 1. The summed E-state index contributed by atoms with van der Waals surface area (Å²) in [5, 5.41) is 3.35. The maximum atomic E-state index is 13.5. The predicted molar refractivity (Wildman–Crippen MR) is 77.5 cm³/mol. The van der Waals surface area contributed by atoms with Crippen molar-refractivity contribution in [2.75, 3.05) is 33.3 Å². The van der Waals surface area contributed by atoms with E-state index in [9.17, 15) is 9.18 Å². The summed E-state index contributed by atoms with van der Waals surface area (Å²) in [4.78, 5) is 14.8. The van der Waals surface area contributed by atoms with E-state index in [1.165, 1.54) is 13.2 Å². The number of carbonyl (C=O) groups excluding carboxylic acids is 1. The number of aryl methyl sites for hydroxylation is 1. The molecule has 1 aliphatic heterocycles. The van der Waals surface area contributed by atoms with E-state index in [4.69, 9.17) is 4.74 Å². The second kappa shape index (κ2) is 5.73. The van der Waals surface area contributed by atoms with Crippen LogP contribution in [-0.2, 0) is 21.5 Å². The van der Waals surface area contributed by atoms with Gasteiger partial charge in [0.25, 0.3) is 0 Å². The van der Waals surface area contributed by atoms with E-state index in [0.29, 0.717) is 12.8 Å². The molecule has 114 valence electrons. The van der Waals surface area contributed by atoms with Gasteiger partial charge in [0, 0.05) is 19.6 Å². The van der Waals surface area contributed by atoms with E-state index in [1.54, 1.807) is 12.1 Å². The highest BCUT2D eigenvalue weighted by Gasteiger charge is 2.50. The van der Waals surface area contributed by atoms with Crippen LogP contribution in [0.4, 0.5) is 4.39 Å². The Balaban J connectivity index is 2.05. The zero-order chi connectivity index (χ0) is 14.9. The fraction of sp³-hybridized carbons (Fsp3) is 0.562. The van der Waals surface area contributed by atoms with E-state index in [2.05, 4.69) is 10.2 Å². The number of carbonyl (C=O) groups is 1. The molecule has 0 spiro atoms. The van der Waals surface area contributed by atoms with Crippen LogP contribution in [-0.4, -0.2) is 44.2 Å². The molecule has 1 atom stereocenters. The van der Waals surface area contributed by atoms with Crippen molar-refractivity contribution < 1.29 is 13.9 Å². The average molecular weight is 292 g/mol. The van der Waals surface area contributed by atoms with Gasteiger partial charge in [-0.2, -0.15) is 0 Å². The van der Waals surface area contributed by atoms with E-state index < -0.39 is 5.54 Å². The lowest BCUT2D eigenvalue weighted by Gasteiger charge is -2.39. The number of ether oxygens (including phenoxy) is 1. The highest BCUT2D eigenvalue weighted by atomic mass is 19.1. The first kappa shape index (κ1) is 14.5. The Morgan fingerprint density at radius 1 is 1.38 bits per heavy atom. The van der Waals surface area contributed by atoms with Crippen LogP contribution in [0.3, 0.4) is 0 Å². The Morgan fingerprint density at radius 2 is 2.24 bits per heavy atom. The van der Waals surface area contributed by atoms with Crippen molar-refractivity contribution in [1.82, 2.24) is 10.2 Å². The van der Waals surface area contributed by atoms with Crippen molar-refractivity contribution in [2.45, 2.75) is 24.8 Å². The van der Waals surface area contributed by atoms with Crippen LogP contribution >= 0.6 is 0 Å². The molecule has 0 bridgehead atoms. The number of fused-ring (bicyclic) bond motifs is 1. The smallest absolute Gasteiger partial charge is 0.330 e. The normalized spacial score (nSPS) is 26.2. The van der Waals surface area contributed by atoms with Crippen LogP contribution in [0.5, 0.6) is 0 Å². The molecule has 1 aromatic carbocycles.